The van der Waals surface area contributed by atoms with Crippen LogP contribution in [0, 0.1) is 16.0 Å². The van der Waals surface area contributed by atoms with Gasteiger partial charge in [-0.1, -0.05) is 32.0 Å². The summed E-state index contributed by atoms with van der Waals surface area (Å²) in [5, 5.41) is 13.8. The molecule has 3 N–H and O–H groups in total. The lowest BCUT2D eigenvalue weighted by molar-refractivity contribution is -0.385. The van der Waals surface area contributed by atoms with E-state index in [1.165, 1.54) is 6.07 Å². The molecule has 0 amide bonds. The summed E-state index contributed by atoms with van der Waals surface area (Å²) >= 11 is 0. The van der Waals surface area contributed by atoms with Gasteiger partial charge in [0, 0.05) is 12.6 Å². The fourth-order valence-corrected chi connectivity index (χ4v) is 1.54. The molecule has 0 bridgehead atoms. The minimum atomic E-state index is -0.409. The number of nitro groups is 1. The van der Waals surface area contributed by atoms with Crippen LogP contribution in [0.25, 0.3) is 0 Å². The van der Waals surface area contributed by atoms with Gasteiger partial charge in [-0.05, 0) is 12.3 Å². The van der Waals surface area contributed by atoms with E-state index in [2.05, 4.69) is 24.2 Å². The zero-order valence-corrected chi connectivity index (χ0v) is 11.3. The summed E-state index contributed by atoms with van der Waals surface area (Å²) in [5.41, 5.74) is 6.33. The van der Waals surface area contributed by atoms with Crippen molar-refractivity contribution in [3.63, 3.8) is 0 Å². The Morgan fingerprint density at radius 1 is 1.47 bits per heavy atom. The number of para-hydroxylation sites is 1. The van der Waals surface area contributed by atoms with Crippen LogP contribution in [0.1, 0.15) is 25.8 Å². The van der Waals surface area contributed by atoms with E-state index in [4.69, 9.17) is 5.73 Å². The molecule has 1 aromatic rings. The monoisotopic (exact) mass is 264 g/mol. The Morgan fingerprint density at radius 3 is 2.79 bits per heavy atom. The second-order valence-electron chi connectivity index (χ2n) is 4.70. The molecule has 0 saturated carbocycles. The molecule has 6 heteroatoms. The fourth-order valence-electron chi connectivity index (χ4n) is 1.54. The zero-order valence-electron chi connectivity index (χ0n) is 11.3. The second kappa shape index (κ2) is 7.35. The van der Waals surface area contributed by atoms with Crippen LogP contribution >= 0.6 is 0 Å². The second-order valence-corrected chi connectivity index (χ2v) is 4.70. The van der Waals surface area contributed by atoms with Crippen molar-refractivity contribution in [2.75, 3.05) is 6.54 Å². The first kappa shape index (κ1) is 14.9. The molecule has 1 rings (SSSR count). The molecule has 0 aliphatic heterocycles. The maximum Gasteiger partial charge on any atom is 0.274 e. The van der Waals surface area contributed by atoms with E-state index < -0.39 is 4.92 Å². The highest BCUT2D eigenvalue weighted by Crippen LogP contribution is 2.18. The molecule has 0 unspecified atom stereocenters. The molecule has 0 heterocycles. The quantitative estimate of drug-likeness (QED) is 0.356. The van der Waals surface area contributed by atoms with Crippen LogP contribution in [0.3, 0.4) is 0 Å². The summed E-state index contributed by atoms with van der Waals surface area (Å²) < 4.78 is 0. The van der Waals surface area contributed by atoms with Gasteiger partial charge in [-0.2, -0.15) is 0 Å². The normalized spacial score (nSPS) is 11.6. The van der Waals surface area contributed by atoms with Crippen LogP contribution < -0.4 is 11.1 Å². The molecular weight excluding hydrogens is 244 g/mol. The summed E-state index contributed by atoms with van der Waals surface area (Å²) in [4.78, 5) is 14.5. The van der Waals surface area contributed by atoms with E-state index in [0.29, 0.717) is 17.4 Å². The molecule has 0 aliphatic rings. The largest absolute Gasteiger partial charge is 0.370 e. The van der Waals surface area contributed by atoms with E-state index in [0.717, 1.165) is 13.0 Å². The molecule has 0 saturated heterocycles. The van der Waals surface area contributed by atoms with Crippen molar-refractivity contribution in [3.8, 4) is 0 Å². The van der Waals surface area contributed by atoms with E-state index in [9.17, 15) is 10.1 Å². The Bertz CT molecular complexity index is 458. The van der Waals surface area contributed by atoms with E-state index in [1.807, 2.05) is 0 Å². The molecule has 0 radical (unpaired) electrons. The molecule has 6 nitrogen and oxygen atoms in total. The predicted molar refractivity (Wildman–Crippen MR) is 75.9 cm³/mol. The number of hydrogen-bond donors (Lipinski definition) is 2. The highest BCUT2D eigenvalue weighted by atomic mass is 16.6. The third-order valence-electron chi connectivity index (χ3n) is 2.64. The van der Waals surface area contributed by atoms with Crippen LogP contribution in [0.5, 0.6) is 0 Å². The first-order valence-corrected chi connectivity index (χ1v) is 6.26. The van der Waals surface area contributed by atoms with Crippen molar-refractivity contribution in [2.24, 2.45) is 16.6 Å². The van der Waals surface area contributed by atoms with Gasteiger partial charge in [0.25, 0.3) is 5.69 Å². The molecule has 0 spiro atoms. The highest BCUT2D eigenvalue weighted by molar-refractivity contribution is 5.77. The van der Waals surface area contributed by atoms with Crippen LogP contribution in [0.2, 0.25) is 0 Å². The van der Waals surface area contributed by atoms with Gasteiger partial charge in [-0.15, -0.1) is 0 Å². The fraction of sp³-hybridized carbons (Fsp3) is 0.462. The first-order valence-electron chi connectivity index (χ1n) is 6.26. The van der Waals surface area contributed by atoms with Crippen molar-refractivity contribution in [1.29, 1.82) is 0 Å². The zero-order chi connectivity index (χ0) is 14.3. The van der Waals surface area contributed by atoms with E-state index in [-0.39, 0.29) is 12.2 Å². The number of benzene rings is 1. The minimum Gasteiger partial charge on any atom is -0.370 e. The average Bonchev–Trinajstić information content (AvgIpc) is 2.36. The molecule has 1 aromatic carbocycles. The number of nitrogens with two attached hydrogens (primary N) is 1. The minimum absolute atomic E-state index is 0.0706. The molecule has 19 heavy (non-hydrogen) atoms. The molecule has 0 aliphatic carbocycles. The number of nitro benzene ring substituents is 1. The molecule has 0 fully saturated rings. The Morgan fingerprint density at radius 2 is 2.16 bits per heavy atom. The Balaban J connectivity index is 2.58. The van der Waals surface area contributed by atoms with Gasteiger partial charge < -0.3 is 11.1 Å². The lowest BCUT2D eigenvalue weighted by Gasteiger charge is -2.07. The average molecular weight is 264 g/mol. The van der Waals surface area contributed by atoms with Crippen molar-refractivity contribution >= 4 is 11.6 Å². The number of nitrogens with zero attached hydrogens (tertiary/aromatic N) is 2. The third kappa shape index (κ3) is 5.37. The molecule has 104 valence electrons. The standard InChI is InChI=1S/C13H20N4O2/c1-10(2)7-8-15-13(14)16-9-11-5-3-4-6-12(11)17(18)19/h3-6,10H,7-9H2,1-2H3,(H3,14,15,16). The van der Waals surface area contributed by atoms with Crippen molar-refractivity contribution in [3.05, 3.63) is 39.9 Å². The first-order chi connectivity index (χ1) is 9.00. The van der Waals surface area contributed by atoms with E-state index in [1.54, 1.807) is 18.2 Å². The van der Waals surface area contributed by atoms with Gasteiger partial charge in [-0.25, -0.2) is 4.99 Å². The van der Waals surface area contributed by atoms with Crippen molar-refractivity contribution in [2.45, 2.75) is 26.8 Å². The maximum atomic E-state index is 10.8. The summed E-state index contributed by atoms with van der Waals surface area (Å²) in [6, 6.07) is 6.53. The number of hydrogen-bond acceptors (Lipinski definition) is 3. The Labute approximate surface area is 112 Å². The van der Waals surface area contributed by atoms with Crippen molar-refractivity contribution < 1.29 is 4.92 Å². The van der Waals surface area contributed by atoms with Crippen LogP contribution in [-0.4, -0.2) is 17.4 Å². The highest BCUT2D eigenvalue weighted by Gasteiger charge is 2.11. The van der Waals surface area contributed by atoms with Crippen LogP contribution in [0.4, 0.5) is 5.69 Å². The predicted octanol–water partition coefficient (Wildman–Crippen LogP) is 2.05. The summed E-state index contributed by atoms with van der Waals surface area (Å²) in [7, 11) is 0. The number of aliphatic imine (C=N–C) groups is 1. The van der Waals surface area contributed by atoms with Crippen molar-refractivity contribution in [1.82, 2.24) is 5.32 Å². The maximum absolute atomic E-state index is 10.8. The number of nitrogens with one attached hydrogen (secondary N) is 1. The Hall–Kier alpha value is -2.11. The molecule has 0 atom stereocenters. The number of guanidine groups is 1. The molecule has 0 aromatic heterocycles. The summed E-state index contributed by atoms with van der Waals surface area (Å²) in [6.45, 7) is 5.21. The lowest BCUT2D eigenvalue weighted by atomic mass is 10.1. The van der Waals surface area contributed by atoms with Gasteiger partial charge in [0.2, 0.25) is 0 Å². The smallest absolute Gasteiger partial charge is 0.274 e. The van der Waals surface area contributed by atoms with Gasteiger partial charge in [0.05, 0.1) is 17.0 Å². The van der Waals surface area contributed by atoms with Crippen LogP contribution in [0.15, 0.2) is 29.3 Å². The van der Waals surface area contributed by atoms with Gasteiger partial charge >= 0.3 is 0 Å². The lowest BCUT2D eigenvalue weighted by Crippen LogP contribution is -2.32. The van der Waals surface area contributed by atoms with Gasteiger partial charge in [-0.3, -0.25) is 10.1 Å². The third-order valence-corrected chi connectivity index (χ3v) is 2.64. The Kier molecular flexibility index (Phi) is 5.78. The SMILES string of the molecule is CC(C)CCNC(N)=NCc1ccccc1[N+](=O)[O-]. The topological polar surface area (TPSA) is 93.5 Å². The van der Waals surface area contributed by atoms with Gasteiger partial charge in [0.15, 0.2) is 5.96 Å². The van der Waals surface area contributed by atoms with E-state index >= 15 is 0 Å². The number of rotatable bonds is 6. The summed E-state index contributed by atoms with van der Waals surface area (Å²) in [5.74, 6) is 0.911. The van der Waals surface area contributed by atoms with Crippen LogP contribution in [-0.2, 0) is 6.54 Å². The summed E-state index contributed by atoms with van der Waals surface area (Å²) in [6.07, 6.45) is 1.00. The van der Waals surface area contributed by atoms with Gasteiger partial charge in [0.1, 0.15) is 0 Å². The molecular formula is C13H20N4O2.